The van der Waals surface area contributed by atoms with Gasteiger partial charge in [0, 0.05) is 36.6 Å². The smallest absolute Gasteiger partial charge is 0.269 e. The van der Waals surface area contributed by atoms with Gasteiger partial charge in [-0.15, -0.1) is 0 Å². The third-order valence-electron chi connectivity index (χ3n) is 3.84. The van der Waals surface area contributed by atoms with E-state index in [4.69, 9.17) is 9.47 Å². The second-order valence-electron chi connectivity index (χ2n) is 7.31. The lowest BCUT2D eigenvalue weighted by molar-refractivity contribution is -0.384. The zero-order valence-electron chi connectivity index (χ0n) is 15.6. The van der Waals surface area contributed by atoms with Crippen LogP contribution in [0.25, 0.3) is 11.1 Å². The Labute approximate surface area is 154 Å². The maximum atomic E-state index is 10.7. The highest BCUT2D eigenvalue weighted by molar-refractivity contribution is 5.64. The van der Waals surface area contributed by atoms with E-state index in [2.05, 4.69) is 25.8 Å². The van der Waals surface area contributed by atoms with Crippen LogP contribution in [0.2, 0.25) is 0 Å². The Kier molecular flexibility index (Phi) is 7.09. The van der Waals surface area contributed by atoms with Crippen molar-refractivity contribution < 1.29 is 14.4 Å². The molecule has 0 amide bonds. The Bertz CT molecular complexity index is 691. The van der Waals surface area contributed by atoms with Crippen molar-refractivity contribution in [2.45, 2.75) is 33.6 Å². The average Bonchev–Trinajstić information content (AvgIpc) is 2.60. The molecule has 6 heteroatoms. The van der Waals surface area contributed by atoms with Crippen LogP contribution >= 0.6 is 0 Å². The van der Waals surface area contributed by atoms with Gasteiger partial charge in [-0.25, -0.2) is 4.98 Å². The van der Waals surface area contributed by atoms with Crippen LogP contribution in [-0.4, -0.2) is 29.7 Å². The molecule has 0 radical (unpaired) electrons. The molecule has 1 heterocycles. The molecule has 1 aromatic carbocycles. The Morgan fingerprint density at radius 1 is 1.00 bits per heavy atom. The van der Waals surface area contributed by atoms with Crippen LogP contribution in [0, 0.1) is 15.5 Å². The molecule has 0 bridgehead atoms. The summed E-state index contributed by atoms with van der Waals surface area (Å²) < 4.78 is 11.1. The predicted octanol–water partition coefficient (Wildman–Crippen LogP) is 4.88. The molecule has 26 heavy (non-hydrogen) atoms. The highest BCUT2D eigenvalue weighted by atomic mass is 16.6. The van der Waals surface area contributed by atoms with Crippen molar-refractivity contribution in [1.82, 2.24) is 4.98 Å². The van der Waals surface area contributed by atoms with E-state index >= 15 is 0 Å². The van der Waals surface area contributed by atoms with Crippen LogP contribution < -0.4 is 4.74 Å². The van der Waals surface area contributed by atoms with E-state index in [1.54, 1.807) is 24.4 Å². The molecule has 0 aliphatic heterocycles. The molecular weight excluding hydrogens is 332 g/mol. The number of nitrogens with zero attached hydrogens (tertiary/aromatic N) is 2. The topological polar surface area (TPSA) is 74.5 Å². The largest absolute Gasteiger partial charge is 0.475 e. The minimum Gasteiger partial charge on any atom is -0.475 e. The fourth-order valence-electron chi connectivity index (χ4n) is 2.42. The van der Waals surface area contributed by atoms with Crippen LogP contribution in [0.3, 0.4) is 0 Å². The Hall–Kier alpha value is -2.47. The minimum absolute atomic E-state index is 0.0733. The predicted molar refractivity (Wildman–Crippen MR) is 101 cm³/mol. The number of pyridine rings is 1. The van der Waals surface area contributed by atoms with E-state index < -0.39 is 4.92 Å². The number of rotatable bonds is 9. The van der Waals surface area contributed by atoms with Gasteiger partial charge < -0.3 is 9.47 Å². The lowest BCUT2D eigenvalue weighted by Crippen LogP contribution is -2.10. The second kappa shape index (κ2) is 9.29. The monoisotopic (exact) mass is 358 g/mol. The van der Waals surface area contributed by atoms with Crippen LogP contribution in [-0.2, 0) is 4.74 Å². The van der Waals surface area contributed by atoms with Crippen LogP contribution in [0.4, 0.5) is 5.69 Å². The molecule has 2 aromatic rings. The fraction of sp³-hybridized carbons (Fsp3) is 0.450. The standard InChI is InChI=1S/C20H26N2O4/c1-20(2,3)11-4-12-25-13-14-26-19-10-7-17(15-21-19)16-5-8-18(9-6-16)22(23)24/h5-10,15H,4,11-14H2,1-3H3. The molecule has 6 nitrogen and oxygen atoms in total. The zero-order valence-corrected chi connectivity index (χ0v) is 15.6. The number of aromatic nitrogens is 1. The maximum Gasteiger partial charge on any atom is 0.269 e. The summed E-state index contributed by atoms with van der Waals surface area (Å²) in [6.45, 7) is 8.41. The van der Waals surface area contributed by atoms with E-state index in [1.165, 1.54) is 12.1 Å². The van der Waals surface area contributed by atoms with Gasteiger partial charge in [0.05, 0.1) is 11.5 Å². The third-order valence-corrected chi connectivity index (χ3v) is 3.84. The third kappa shape index (κ3) is 6.80. The maximum absolute atomic E-state index is 10.7. The van der Waals surface area contributed by atoms with Gasteiger partial charge in [0.15, 0.2) is 0 Å². The van der Waals surface area contributed by atoms with Gasteiger partial charge in [0.25, 0.3) is 5.69 Å². The highest BCUT2D eigenvalue weighted by Crippen LogP contribution is 2.23. The highest BCUT2D eigenvalue weighted by Gasteiger charge is 2.09. The lowest BCUT2D eigenvalue weighted by Gasteiger charge is -2.17. The van der Waals surface area contributed by atoms with E-state index in [0.717, 1.165) is 30.6 Å². The number of nitro benzene ring substituents is 1. The van der Waals surface area contributed by atoms with Crippen molar-refractivity contribution in [3.05, 3.63) is 52.7 Å². The first-order valence-electron chi connectivity index (χ1n) is 8.76. The summed E-state index contributed by atoms with van der Waals surface area (Å²) in [5, 5.41) is 10.7. The van der Waals surface area contributed by atoms with Gasteiger partial charge in [-0.05, 0) is 42.0 Å². The van der Waals surface area contributed by atoms with Crippen molar-refractivity contribution in [2.75, 3.05) is 19.8 Å². The van der Waals surface area contributed by atoms with E-state index in [-0.39, 0.29) is 5.69 Å². The minimum atomic E-state index is -0.413. The number of nitro groups is 1. The van der Waals surface area contributed by atoms with Crippen molar-refractivity contribution in [3.8, 4) is 17.0 Å². The summed E-state index contributed by atoms with van der Waals surface area (Å²) in [5.41, 5.74) is 2.17. The summed E-state index contributed by atoms with van der Waals surface area (Å²) in [4.78, 5) is 14.5. The molecule has 1 aromatic heterocycles. The molecule has 0 saturated heterocycles. The SMILES string of the molecule is CC(C)(C)CCCOCCOc1ccc(-c2ccc([N+](=O)[O-])cc2)cn1. The summed E-state index contributed by atoms with van der Waals surface area (Å²) in [6.07, 6.45) is 3.88. The van der Waals surface area contributed by atoms with Gasteiger partial charge in [0.1, 0.15) is 6.61 Å². The normalized spacial score (nSPS) is 11.3. The molecule has 0 aliphatic rings. The first kappa shape index (κ1) is 19.8. The van der Waals surface area contributed by atoms with Gasteiger partial charge >= 0.3 is 0 Å². The van der Waals surface area contributed by atoms with Crippen molar-refractivity contribution >= 4 is 5.69 Å². The molecule has 0 unspecified atom stereocenters. The van der Waals surface area contributed by atoms with E-state index in [9.17, 15) is 10.1 Å². The van der Waals surface area contributed by atoms with E-state index in [0.29, 0.717) is 24.5 Å². The van der Waals surface area contributed by atoms with Crippen LogP contribution in [0.5, 0.6) is 5.88 Å². The van der Waals surface area contributed by atoms with Gasteiger partial charge in [-0.1, -0.05) is 20.8 Å². The van der Waals surface area contributed by atoms with Gasteiger partial charge in [-0.3, -0.25) is 10.1 Å². The number of hydrogen-bond acceptors (Lipinski definition) is 5. The molecule has 0 saturated carbocycles. The number of benzene rings is 1. The summed E-state index contributed by atoms with van der Waals surface area (Å²) in [7, 11) is 0. The van der Waals surface area contributed by atoms with Crippen molar-refractivity contribution in [2.24, 2.45) is 5.41 Å². The summed E-state index contributed by atoms with van der Waals surface area (Å²) in [6, 6.07) is 10.1. The molecule has 0 fully saturated rings. The molecule has 0 aliphatic carbocycles. The molecule has 0 spiro atoms. The Morgan fingerprint density at radius 2 is 1.69 bits per heavy atom. The van der Waals surface area contributed by atoms with Gasteiger partial charge in [0.2, 0.25) is 5.88 Å². The second-order valence-corrected chi connectivity index (χ2v) is 7.31. The molecule has 0 atom stereocenters. The molecule has 0 N–H and O–H groups in total. The zero-order chi connectivity index (χ0) is 19.0. The van der Waals surface area contributed by atoms with Crippen LogP contribution in [0.15, 0.2) is 42.6 Å². The molecular formula is C20H26N2O4. The van der Waals surface area contributed by atoms with E-state index in [1.807, 2.05) is 6.07 Å². The number of hydrogen-bond donors (Lipinski definition) is 0. The first-order chi connectivity index (χ1) is 12.3. The van der Waals surface area contributed by atoms with Crippen LogP contribution in [0.1, 0.15) is 33.6 Å². The quantitative estimate of drug-likeness (QED) is 0.363. The molecule has 140 valence electrons. The Morgan fingerprint density at radius 3 is 2.27 bits per heavy atom. The number of non-ortho nitro benzene ring substituents is 1. The summed E-state index contributed by atoms with van der Waals surface area (Å²) >= 11 is 0. The lowest BCUT2D eigenvalue weighted by atomic mass is 9.91. The number of ether oxygens (including phenoxy) is 2. The fourth-order valence-corrected chi connectivity index (χ4v) is 2.42. The summed E-state index contributed by atoms with van der Waals surface area (Å²) in [5.74, 6) is 0.536. The van der Waals surface area contributed by atoms with Gasteiger partial charge in [-0.2, -0.15) is 0 Å². The Balaban J connectivity index is 1.73. The average molecular weight is 358 g/mol. The molecule has 2 rings (SSSR count). The van der Waals surface area contributed by atoms with Crippen molar-refractivity contribution in [1.29, 1.82) is 0 Å². The van der Waals surface area contributed by atoms with Crippen molar-refractivity contribution in [3.63, 3.8) is 0 Å². The first-order valence-corrected chi connectivity index (χ1v) is 8.76.